The van der Waals surface area contributed by atoms with E-state index in [9.17, 15) is 0 Å². The summed E-state index contributed by atoms with van der Waals surface area (Å²) >= 11 is 0. The van der Waals surface area contributed by atoms with Crippen molar-refractivity contribution in [1.29, 1.82) is 0 Å². The SMILES string of the molecule is CN=C(NCc1ccc(OC)cc1)NCc1ccnc(N2CCN(C)CC2)c1. The maximum absolute atomic E-state index is 5.19. The maximum atomic E-state index is 5.19. The molecule has 0 amide bonds. The number of hydrogen-bond donors (Lipinski definition) is 2. The van der Waals surface area contributed by atoms with Crippen LogP contribution in [-0.4, -0.2) is 63.2 Å². The van der Waals surface area contributed by atoms with Gasteiger partial charge in [0.1, 0.15) is 11.6 Å². The average Bonchev–Trinajstić information content (AvgIpc) is 2.75. The first kappa shape index (κ1) is 19.9. The zero-order chi connectivity index (χ0) is 19.8. The van der Waals surface area contributed by atoms with Gasteiger partial charge in [-0.2, -0.15) is 0 Å². The predicted molar refractivity (Wildman–Crippen MR) is 114 cm³/mol. The summed E-state index contributed by atoms with van der Waals surface area (Å²) in [5.41, 5.74) is 2.36. The van der Waals surface area contributed by atoms with E-state index in [4.69, 9.17) is 4.74 Å². The standard InChI is InChI=1S/C21H30N6O/c1-22-21(24-15-17-4-6-19(28-3)7-5-17)25-16-18-8-9-23-20(14-18)27-12-10-26(2)11-13-27/h4-9,14H,10-13,15-16H2,1-3H3,(H2,22,24,25). The molecular formula is C21H30N6O. The van der Waals surface area contributed by atoms with Gasteiger partial charge in [-0.3, -0.25) is 4.99 Å². The number of aromatic nitrogens is 1. The number of pyridine rings is 1. The molecular weight excluding hydrogens is 352 g/mol. The summed E-state index contributed by atoms with van der Waals surface area (Å²) in [5.74, 6) is 2.68. The van der Waals surface area contributed by atoms with Gasteiger partial charge in [-0.15, -0.1) is 0 Å². The van der Waals surface area contributed by atoms with Gasteiger partial charge in [-0.05, 0) is 42.4 Å². The van der Waals surface area contributed by atoms with Crippen LogP contribution in [0.25, 0.3) is 0 Å². The second-order valence-corrected chi connectivity index (χ2v) is 6.94. The molecule has 0 atom stereocenters. The van der Waals surface area contributed by atoms with E-state index in [-0.39, 0.29) is 0 Å². The van der Waals surface area contributed by atoms with E-state index < -0.39 is 0 Å². The molecule has 0 unspecified atom stereocenters. The van der Waals surface area contributed by atoms with Crippen molar-refractivity contribution < 1.29 is 4.74 Å². The Morgan fingerprint density at radius 2 is 1.71 bits per heavy atom. The summed E-state index contributed by atoms with van der Waals surface area (Å²) in [6.45, 7) is 5.59. The largest absolute Gasteiger partial charge is 0.497 e. The van der Waals surface area contributed by atoms with E-state index in [0.29, 0.717) is 13.1 Å². The van der Waals surface area contributed by atoms with Crippen LogP contribution in [0.4, 0.5) is 5.82 Å². The molecule has 150 valence electrons. The molecule has 1 fully saturated rings. The fourth-order valence-corrected chi connectivity index (χ4v) is 3.11. The maximum Gasteiger partial charge on any atom is 0.191 e. The number of anilines is 1. The highest BCUT2D eigenvalue weighted by Crippen LogP contribution is 2.15. The molecule has 3 rings (SSSR count). The van der Waals surface area contributed by atoms with Gasteiger partial charge in [0, 0.05) is 52.5 Å². The first-order valence-electron chi connectivity index (χ1n) is 9.64. The highest BCUT2D eigenvalue weighted by atomic mass is 16.5. The molecule has 0 saturated carbocycles. The van der Waals surface area contributed by atoms with Crippen LogP contribution < -0.4 is 20.3 Å². The summed E-state index contributed by atoms with van der Waals surface area (Å²) in [7, 11) is 5.62. The minimum atomic E-state index is 0.700. The van der Waals surface area contributed by atoms with Gasteiger partial charge in [0.2, 0.25) is 0 Å². The highest BCUT2D eigenvalue weighted by Gasteiger charge is 2.15. The Balaban J connectivity index is 1.51. The lowest BCUT2D eigenvalue weighted by atomic mass is 10.2. The Morgan fingerprint density at radius 1 is 1.04 bits per heavy atom. The average molecular weight is 383 g/mol. The third-order valence-corrected chi connectivity index (χ3v) is 4.94. The fraction of sp³-hybridized carbons (Fsp3) is 0.429. The van der Waals surface area contributed by atoms with Crippen LogP contribution in [0.5, 0.6) is 5.75 Å². The molecule has 1 saturated heterocycles. The Morgan fingerprint density at radius 3 is 2.36 bits per heavy atom. The molecule has 1 aromatic carbocycles. The van der Waals surface area contributed by atoms with Crippen LogP contribution in [-0.2, 0) is 13.1 Å². The van der Waals surface area contributed by atoms with E-state index in [2.05, 4.69) is 43.5 Å². The van der Waals surface area contributed by atoms with E-state index >= 15 is 0 Å². The number of benzene rings is 1. The molecule has 1 aliphatic heterocycles. The molecule has 0 spiro atoms. The van der Waals surface area contributed by atoms with Crippen LogP contribution in [0, 0.1) is 0 Å². The zero-order valence-electron chi connectivity index (χ0n) is 17.0. The summed E-state index contributed by atoms with van der Waals surface area (Å²) in [5, 5.41) is 6.72. The summed E-state index contributed by atoms with van der Waals surface area (Å²) in [6, 6.07) is 12.2. The van der Waals surface area contributed by atoms with Crippen molar-refractivity contribution >= 4 is 11.8 Å². The van der Waals surface area contributed by atoms with Crippen molar-refractivity contribution in [3.63, 3.8) is 0 Å². The van der Waals surface area contributed by atoms with Crippen LogP contribution >= 0.6 is 0 Å². The normalized spacial score (nSPS) is 15.4. The second kappa shape index (κ2) is 9.94. The lowest BCUT2D eigenvalue weighted by Crippen LogP contribution is -2.44. The molecule has 0 bridgehead atoms. The van der Waals surface area contributed by atoms with Crippen LogP contribution in [0.2, 0.25) is 0 Å². The lowest BCUT2D eigenvalue weighted by Gasteiger charge is -2.33. The Labute approximate surface area is 167 Å². The summed E-state index contributed by atoms with van der Waals surface area (Å²) in [6.07, 6.45) is 1.89. The minimum absolute atomic E-state index is 0.700. The third-order valence-electron chi connectivity index (χ3n) is 4.94. The van der Waals surface area contributed by atoms with E-state index in [1.54, 1.807) is 14.2 Å². The zero-order valence-corrected chi connectivity index (χ0v) is 17.0. The molecule has 2 N–H and O–H groups in total. The van der Waals surface area contributed by atoms with Gasteiger partial charge < -0.3 is 25.2 Å². The topological polar surface area (TPSA) is 65.0 Å². The number of aliphatic imine (C=N–C) groups is 1. The number of guanidine groups is 1. The number of piperazine rings is 1. The lowest BCUT2D eigenvalue weighted by molar-refractivity contribution is 0.312. The van der Waals surface area contributed by atoms with Crippen LogP contribution in [0.1, 0.15) is 11.1 Å². The van der Waals surface area contributed by atoms with Crippen molar-refractivity contribution in [2.24, 2.45) is 4.99 Å². The third kappa shape index (κ3) is 5.60. The van der Waals surface area contributed by atoms with Gasteiger partial charge in [0.05, 0.1) is 7.11 Å². The van der Waals surface area contributed by atoms with Crippen molar-refractivity contribution in [1.82, 2.24) is 20.5 Å². The number of methoxy groups -OCH3 is 1. The predicted octanol–water partition coefficient (Wildman–Crippen LogP) is 1.71. The minimum Gasteiger partial charge on any atom is -0.497 e. The molecule has 1 aliphatic rings. The summed E-state index contributed by atoms with van der Waals surface area (Å²) < 4.78 is 5.19. The highest BCUT2D eigenvalue weighted by molar-refractivity contribution is 5.79. The first-order valence-corrected chi connectivity index (χ1v) is 9.64. The van der Waals surface area contributed by atoms with Crippen molar-refractivity contribution in [3.05, 3.63) is 53.7 Å². The molecule has 0 radical (unpaired) electrons. The molecule has 1 aromatic heterocycles. The monoisotopic (exact) mass is 382 g/mol. The number of rotatable bonds is 6. The van der Waals surface area contributed by atoms with Gasteiger partial charge in [-0.25, -0.2) is 4.98 Å². The Hall–Kier alpha value is -2.80. The quantitative estimate of drug-likeness (QED) is 0.586. The molecule has 0 aliphatic carbocycles. The first-order chi connectivity index (χ1) is 13.7. The number of likely N-dealkylation sites (N-methyl/N-ethyl adjacent to an activating group) is 1. The Kier molecular flexibility index (Phi) is 7.08. The van der Waals surface area contributed by atoms with Crippen LogP contribution in [0.15, 0.2) is 47.6 Å². The molecule has 7 heteroatoms. The van der Waals surface area contributed by atoms with Crippen molar-refractivity contribution in [2.45, 2.75) is 13.1 Å². The molecule has 2 aromatic rings. The molecule has 2 heterocycles. The number of nitrogens with zero attached hydrogens (tertiary/aromatic N) is 4. The van der Waals surface area contributed by atoms with Crippen molar-refractivity contribution in [2.75, 3.05) is 52.3 Å². The van der Waals surface area contributed by atoms with E-state index in [1.165, 1.54) is 11.1 Å². The van der Waals surface area contributed by atoms with Gasteiger partial charge in [-0.1, -0.05) is 12.1 Å². The fourth-order valence-electron chi connectivity index (χ4n) is 3.11. The van der Waals surface area contributed by atoms with Crippen LogP contribution in [0.3, 0.4) is 0 Å². The van der Waals surface area contributed by atoms with Gasteiger partial charge in [0.15, 0.2) is 5.96 Å². The summed E-state index contributed by atoms with van der Waals surface area (Å²) in [4.78, 5) is 13.6. The number of nitrogens with one attached hydrogen (secondary N) is 2. The van der Waals surface area contributed by atoms with Gasteiger partial charge in [0.25, 0.3) is 0 Å². The second-order valence-electron chi connectivity index (χ2n) is 6.94. The number of ether oxygens (including phenoxy) is 1. The molecule has 28 heavy (non-hydrogen) atoms. The smallest absolute Gasteiger partial charge is 0.191 e. The Bertz CT molecular complexity index is 769. The van der Waals surface area contributed by atoms with Gasteiger partial charge >= 0.3 is 0 Å². The van der Waals surface area contributed by atoms with E-state index in [0.717, 1.165) is 43.7 Å². The molecule has 7 nitrogen and oxygen atoms in total. The number of hydrogen-bond acceptors (Lipinski definition) is 5. The van der Waals surface area contributed by atoms with E-state index in [1.807, 2.05) is 36.5 Å². The van der Waals surface area contributed by atoms with Crippen molar-refractivity contribution in [3.8, 4) is 5.75 Å².